The maximum atomic E-state index is 11.5. The topological polar surface area (TPSA) is 113 Å². The second kappa shape index (κ2) is 7.18. The summed E-state index contributed by atoms with van der Waals surface area (Å²) in [5.74, 6) is -6.36. The lowest BCUT2D eigenvalue weighted by Gasteiger charge is -2.34. The van der Waals surface area contributed by atoms with Crippen LogP contribution in [0, 0.1) is 5.92 Å². The highest BCUT2D eigenvalue weighted by Gasteiger charge is 2.48. The van der Waals surface area contributed by atoms with Crippen molar-refractivity contribution in [2.24, 2.45) is 5.92 Å². The predicted octanol–water partition coefficient (Wildman–Crippen LogP) is 0.208. The van der Waals surface area contributed by atoms with Gasteiger partial charge in [-0.3, -0.25) is 0 Å². The highest BCUT2D eigenvalue weighted by molar-refractivity contribution is 5.88. The van der Waals surface area contributed by atoms with Crippen LogP contribution < -0.4 is 0 Å². The Hall–Kier alpha value is -1.70. The van der Waals surface area contributed by atoms with Crippen molar-refractivity contribution in [3.8, 4) is 0 Å². The Morgan fingerprint density at radius 3 is 1.65 bits per heavy atom. The van der Waals surface area contributed by atoms with E-state index in [1.54, 1.807) is 0 Å². The van der Waals surface area contributed by atoms with Crippen molar-refractivity contribution < 1.29 is 34.4 Å². The van der Waals surface area contributed by atoms with Crippen LogP contribution in [0.5, 0.6) is 0 Å². The summed E-state index contributed by atoms with van der Waals surface area (Å²) in [6.07, 6.45) is -2.11. The van der Waals surface area contributed by atoms with Gasteiger partial charge in [0.15, 0.2) is 6.29 Å². The van der Waals surface area contributed by atoms with Gasteiger partial charge in [0.1, 0.15) is 5.92 Å². The lowest BCUT2D eigenvalue weighted by atomic mass is 10.0. The van der Waals surface area contributed by atoms with Crippen molar-refractivity contribution in [3.63, 3.8) is 0 Å². The van der Waals surface area contributed by atoms with E-state index in [1.807, 2.05) is 0 Å². The molecule has 0 aliphatic heterocycles. The minimum absolute atomic E-state index is 0.0406. The van der Waals surface area contributed by atoms with E-state index in [1.165, 1.54) is 20.8 Å². The summed E-state index contributed by atoms with van der Waals surface area (Å²) in [6.45, 7) is 10.8. The Labute approximate surface area is 117 Å². The Bertz CT molecular complexity index is 383. The highest BCUT2D eigenvalue weighted by Crippen LogP contribution is 2.28. The van der Waals surface area contributed by atoms with Crippen LogP contribution in [0.25, 0.3) is 0 Å². The molecular formula is C13H20O7. The smallest absolute Gasteiger partial charge is 0.381 e. The summed E-state index contributed by atoms with van der Waals surface area (Å²) in [6, 6.07) is 0. The van der Waals surface area contributed by atoms with Crippen LogP contribution in [0.2, 0.25) is 0 Å². The van der Waals surface area contributed by atoms with Gasteiger partial charge in [-0.15, -0.1) is 0 Å². The quantitative estimate of drug-likeness (QED) is 0.348. The van der Waals surface area contributed by atoms with Gasteiger partial charge in [-0.1, -0.05) is 20.1 Å². The number of esters is 2. The SMILES string of the molecule is C=C(C)C(=O)OC(O)(OC(=O)C(=C)C)C(CC)C(O)O. The summed E-state index contributed by atoms with van der Waals surface area (Å²) in [7, 11) is 0. The lowest BCUT2D eigenvalue weighted by Crippen LogP contribution is -2.51. The highest BCUT2D eigenvalue weighted by atomic mass is 16.8. The third-order valence-electron chi connectivity index (χ3n) is 2.44. The fourth-order valence-electron chi connectivity index (χ4n) is 1.27. The van der Waals surface area contributed by atoms with Crippen molar-refractivity contribution in [2.75, 3.05) is 0 Å². The Morgan fingerprint density at radius 1 is 1.10 bits per heavy atom. The van der Waals surface area contributed by atoms with Crippen molar-refractivity contribution in [2.45, 2.75) is 39.5 Å². The molecule has 0 spiro atoms. The van der Waals surface area contributed by atoms with Crippen LogP contribution >= 0.6 is 0 Å². The molecule has 7 nitrogen and oxygen atoms in total. The number of rotatable bonds is 7. The van der Waals surface area contributed by atoms with Crippen LogP contribution in [-0.2, 0) is 19.1 Å². The third kappa shape index (κ3) is 4.76. The zero-order chi connectivity index (χ0) is 16.1. The number of aliphatic hydroxyl groups excluding tert-OH is 1. The number of hydrogen-bond acceptors (Lipinski definition) is 7. The first-order chi connectivity index (χ1) is 9.05. The van der Waals surface area contributed by atoms with Crippen molar-refractivity contribution in [1.29, 1.82) is 0 Å². The molecule has 0 fully saturated rings. The first-order valence-electron chi connectivity index (χ1n) is 5.91. The first kappa shape index (κ1) is 18.3. The second-order valence-electron chi connectivity index (χ2n) is 4.40. The molecule has 1 atom stereocenters. The van der Waals surface area contributed by atoms with Crippen molar-refractivity contribution in [3.05, 3.63) is 24.3 Å². The Morgan fingerprint density at radius 2 is 1.45 bits per heavy atom. The van der Waals surface area contributed by atoms with E-state index in [9.17, 15) is 24.9 Å². The Balaban J connectivity index is 5.41. The number of carbonyl (C=O) groups is 2. The monoisotopic (exact) mass is 288 g/mol. The second-order valence-corrected chi connectivity index (χ2v) is 4.40. The molecule has 0 heterocycles. The standard InChI is InChI=1S/C13H20O7/c1-6-9(10(14)15)13(18,19-11(16)7(2)3)20-12(17)8(4)5/h9-10,14-15,18H,2,4,6H2,1,3,5H3. The molecule has 0 saturated carbocycles. The molecule has 0 bridgehead atoms. The molecule has 1 unspecified atom stereocenters. The zero-order valence-corrected chi connectivity index (χ0v) is 11.8. The van der Waals surface area contributed by atoms with E-state index in [2.05, 4.69) is 22.6 Å². The Kier molecular flexibility index (Phi) is 6.57. The average Bonchev–Trinajstić information content (AvgIpc) is 2.28. The molecule has 0 saturated heterocycles. The van der Waals surface area contributed by atoms with Gasteiger partial charge in [0.25, 0.3) is 0 Å². The number of ether oxygens (including phenoxy) is 2. The minimum atomic E-state index is -2.82. The molecule has 0 aliphatic carbocycles. The summed E-state index contributed by atoms with van der Waals surface area (Å²) >= 11 is 0. The van der Waals surface area contributed by atoms with Crippen LogP contribution in [-0.4, -0.2) is 39.5 Å². The molecule has 0 aromatic heterocycles. The number of aliphatic hydroxyl groups is 3. The molecule has 0 aromatic rings. The molecule has 7 heteroatoms. The van der Waals surface area contributed by atoms with Gasteiger partial charge in [0, 0.05) is 11.1 Å². The molecule has 3 N–H and O–H groups in total. The van der Waals surface area contributed by atoms with Gasteiger partial charge >= 0.3 is 17.9 Å². The maximum Gasteiger partial charge on any atom is 0.381 e. The predicted molar refractivity (Wildman–Crippen MR) is 68.8 cm³/mol. The van der Waals surface area contributed by atoms with Gasteiger partial charge in [0.2, 0.25) is 0 Å². The van der Waals surface area contributed by atoms with E-state index in [-0.39, 0.29) is 17.6 Å². The van der Waals surface area contributed by atoms with Gasteiger partial charge in [-0.05, 0) is 20.3 Å². The van der Waals surface area contributed by atoms with Crippen molar-refractivity contribution >= 4 is 11.9 Å². The summed E-state index contributed by atoms with van der Waals surface area (Å²) in [4.78, 5) is 23.0. The lowest BCUT2D eigenvalue weighted by molar-refractivity contribution is -0.369. The van der Waals surface area contributed by atoms with E-state index >= 15 is 0 Å². The fourth-order valence-corrected chi connectivity index (χ4v) is 1.27. The first-order valence-corrected chi connectivity index (χ1v) is 5.91. The molecular weight excluding hydrogens is 268 g/mol. The van der Waals surface area contributed by atoms with Crippen LogP contribution in [0.15, 0.2) is 24.3 Å². The van der Waals surface area contributed by atoms with E-state index in [0.29, 0.717) is 0 Å². The molecule has 0 rings (SSSR count). The van der Waals surface area contributed by atoms with Gasteiger partial charge in [-0.25, -0.2) is 9.59 Å². The molecule has 0 aliphatic rings. The third-order valence-corrected chi connectivity index (χ3v) is 2.44. The minimum Gasteiger partial charge on any atom is -0.394 e. The molecule has 0 radical (unpaired) electrons. The normalized spacial score (nSPS) is 12.8. The summed E-state index contributed by atoms with van der Waals surface area (Å²) in [5.41, 5.74) is -0.117. The molecule has 114 valence electrons. The van der Waals surface area contributed by atoms with Gasteiger partial charge in [0.05, 0.1) is 0 Å². The maximum absolute atomic E-state index is 11.5. The number of hydrogen-bond donors (Lipinski definition) is 3. The molecule has 20 heavy (non-hydrogen) atoms. The van der Waals surface area contributed by atoms with Gasteiger partial charge in [-0.2, -0.15) is 0 Å². The van der Waals surface area contributed by atoms with E-state index < -0.39 is 30.1 Å². The average molecular weight is 288 g/mol. The van der Waals surface area contributed by atoms with E-state index in [4.69, 9.17) is 0 Å². The van der Waals surface area contributed by atoms with Crippen LogP contribution in [0.3, 0.4) is 0 Å². The van der Waals surface area contributed by atoms with E-state index in [0.717, 1.165) is 0 Å². The molecule has 0 amide bonds. The zero-order valence-electron chi connectivity index (χ0n) is 11.8. The summed E-state index contributed by atoms with van der Waals surface area (Å²) < 4.78 is 9.30. The molecule has 0 aromatic carbocycles. The van der Waals surface area contributed by atoms with Crippen LogP contribution in [0.4, 0.5) is 0 Å². The van der Waals surface area contributed by atoms with Crippen molar-refractivity contribution in [1.82, 2.24) is 0 Å². The fraction of sp³-hybridized carbons (Fsp3) is 0.538. The largest absolute Gasteiger partial charge is 0.394 e. The van der Waals surface area contributed by atoms with Gasteiger partial charge < -0.3 is 24.8 Å². The summed E-state index contributed by atoms with van der Waals surface area (Å²) in [5, 5.41) is 28.6. The van der Waals surface area contributed by atoms with Crippen LogP contribution in [0.1, 0.15) is 27.2 Å². The number of carbonyl (C=O) groups excluding carboxylic acids is 2.